The zero-order valence-corrected chi connectivity index (χ0v) is 8.85. The lowest BCUT2D eigenvalue weighted by atomic mass is 10.6. The molecule has 0 amide bonds. The Morgan fingerprint density at radius 3 is 1.91 bits per heavy atom. The van der Waals surface area contributed by atoms with Crippen molar-refractivity contribution in [1.29, 1.82) is 0 Å². The third-order valence-electron chi connectivity index (χ3n) is 1.53. The second-order valence-corrected chi connectivity index (χ2v) is 5.95. The van der Waals surface area contributed by atoms with Crippen LogP contribution in [0.2, 0.25) is 12.6 Å². The van der Waals surface area contributed by atoms with Crippen LogP contribution in [0.3, 0.4) is 0 Å². The Bertz CT molecular complexity index is 79.1. The molecule has 0 N–H and O–H groups in total. The van der Waals surface area contributed by atoms with Crippen LogP contribution in [0.5, 0.6) is 0 Å². The molecule has 0 heterocycles. The van der Waals surface area contributed by atoms with Gasteiger partial charge in [0, 0.05) is 13.2 Å². The molecule has 0 aliphatic rings. The van der Waals surface area contributed by atoms with Gasteiger partial charge in [-0.15, -0.1) is 0 Å². The molecule has 0 aromatic rings. The lowest BCUT2D eigenvalue weighted by Gasteiger charge is -2.25. The monoisotopic (exact) mass is 175 g/mol. The first-order valence-electron chi connectivity index (χ1n) is 4.25. The molecule has 0 unspecified atom stereocenters. The molecular formula is C8H19O2Si. The van der Waals surface area contributed by atoms with E-state index in [9.17, 15) is 0 Å². The van der Waals surface area contributed by atoms with Gasteiger partial charge >= 0.3 is 8.56 Å². The van der Waals surface area contributed by atoms with Gasteiger partial charge in [0.2, 0.25) is 0 Å². The van der Waals surface area contributed by atoms with Crippen molar-refractivity contribution in [2.24, 2.45) is 0 Å². The molecule has 0 aromatic heterocycles. The smallest absolute Gasteiger partial charge is 0.334 e. The summed E-state index contributed by atoms with van der Waals surface area (Å²) in [7, 11) is -1.81. The maximum absolute atomic E-state index is 5.59. The molecule has 0 bridgehead atoms. The maximum atomic E-state index is 5.59. The summed E-state index contributed by atoms with van der Waals surface area (Å²) in [6.45, 7) is 11.4. The van der Waals surface area contributed by atoms with Gasteiger partial charge in [0.05, 0.1) is 0 Å². The Kier molecular flexibility index (Phi) is 5.82. The standard InChI is InChI=1S/C8H19O2Si/c1-5-8-11(4,9-6-2)10-7-3/h1,5-8H2,2-4H3. The van der Waals surface area contributed by atoms with Crippen molar-refractivity contribution in [2.75, 3.05) is 13.2 Å². The topological polar surface area (TPSA) is 18.5 Å². The summed E-state index contributed by atoms with van der Waals surface area (Å²) in [6.07, 6.45) is 0.905. The fourth-order valence-corrected chi connectivity index (χ4v) is 3.35. The second-order valence-electron chi connectivity index (χ2n) is 2.60. The van der Waals surface area contributed by atoms with E-state index in [2.05, 4.69) is 13.5 Å². The molecule has 67 valence electrons. The van der Waals surface area contributed by atoms with E-state index in [0.717, 1.165) is 25.7 Å². The molecule has 0 saturated heterocycles. The molecule has 2 nitrogen and oxygen atoms in total. The fraction of sp³-hybridized carbons (Fsp3) is 0.875. The minimum atomic E-state index is -1.81. The Hall–Kier alpha value is 0.137. The fourth-order valence-electron chi connectivity index (χ4n) is 1.12. The zero-order chi connectivity index (χ0) is 8.74. The summed E-state index contributed by atoms with van der Waals surface area (Å²) < 4.78 is 11.2. The van der Waals surface area contributed by atoms with Gasteiger partial charge in [-0.25, -0.2) is 0 Å². The molecule has 0 atom stereocenters. The molecule has 1 radical (unpaired) electrons. The minimum Gasteiger partial charge on any atom is -0.395 e. The van der Waals surface area contributed by atoms with Gasteiger partial charge in [-0.1, -0.05) is 13.3 Å². The van der Waals surface area contributed by atoms with Crippen LogP contribution in [-0.2, 0) is 8.85 Å². The first-order valence-corrected chi connectivity index (χ1v) is 6.78. The van der Waals surface area contributed by atoms with Gasteiger partial charge in [0.1, 0.15) is 0 Å². The summed E-state index contributed by atoms with van der Waals surface area (Å²) in [5.74, 6) is 0. The summed E-state index contributed by atoms with van der Waals surface area (Å²) in [5.41, 5.74) is 0. The first-order chi connectivity index (χ1) is 5.18. The van der Waals surface area contributed by atoms with Gasteiger partial charge in [0.15, 0.2) is 0 Å². The highest BCUT2D eigenvalue weighted by Crippen LogP contribution is 2.14. The highest BCUT2D eigenvalue weighted by Gasteiger charge is 2.28. The molecule has 0 rings (SSSR count). The quantitative estimate of drug-likeness (QED) is 0.577. The first kappa shape index (κ1) is 11.1. The molecule has 0 spiro atoms. The Balaban J connectivity index is 3.79. The van der Waals surface area contributed by atoms with E-state index in [1.165, 1.54) is 0 Å². The van der Waals surface area contributed by atoms with Crippen molar-refractivity contribution in [3.05, 3.63) is 6.92 Å². The molecule has 11 heavy (non-hydrogen) atoms. The number of rotatable bonds is 6. The molecule has 0 aromatic carbocycles. The Morgan fingerprint density at radius 1 is 1.18 bits per heavy atom. The lowest BCUT2D eigenvalue weighted by Crippen LogP contribution is -2.38. The summed E-state index contributed by atoms with van der Waals surface area (Å²) in [6, 6.07) is 0.995. The Morgan fingerprint density at radius 2 is 1.64 bits per heavy atom. The summed E-state index contributed by atoms with van der Waals surface area (Å²) in [5, 5.41) is 0. The van der Waals surface area contributed by atoms with Crippen molar-refractivity contribution in [1.82, 2.24) is 0 Å². The van der Waals surface area contributed by atoms with Crippen LogP contribution < -0.4 is 0 Å². The summed E-state index contributed by atoms with van der Waals surface area (Å²) >= 11 is 0. The van der Waals surface area contributed by atoms with E-state index in [1.807, 2.05) is 13.8 Å². The van der Waals surface area contributed by atoms with E-state index in [0.29, 0.717) is 0 Å². The van der Waals surface area contributed by atoms with Crippen LogP contribution in [0.15, 0.2) is 0 Å². The van der Waals surface area contributed by atoms with Crippen LogP contribution in [0.1, 0.15) is 20.3 Å². The second kappa shape index (κ2) is 5.74. The van der Waals surface area contributed by atoms with Gasteiger partial charge in [-0.2, -0.15) is 0 Å². The van der Waals surface area contributed by atoms with Crippen LogP contribution in [0.4, 0.5) is 0 Å². The predicted octanol–water partition coefficient (Wildman–Crippen LogP) is 2.36. The molecule has 0 fully saturated rings. The van der Waals surface area contributed by atoms with E-state index in [-0.39, 0.29) is 0 Å². The van der Waals surface area contributed by atoms with E-state index < -0.39 is 8.56 Å². The maximum Gasteiger partial charge on any atom is 0.334 e. The van der Waals surface area contributed by atoms with Crippen LogP contribution >= 0.6 is 0 Å². The predicted molar refractivity (Wildman–Crippen MR) is 49.7 cm³/mol. The number of hydrogen-bond donors (Lipinski definition) is 0. The average molecular weight is 175 g/mol. The third kappa shape index (κ3) is 4.56. The molecular weight excluding hydrogens is 156 g/mol. The van der Waals surface area contributed by atoms with Crippen LogP contribution in [-0.4, -0.2) is 21.8 Å². The van der Waals surface area contributed by atoms with Crippen LogP contribution in [0.25, 0.3) is 0 Å². The zero-order valence-electron chi connectivity index (χ0n) is 7.85. The van der Waals surface area contributed by atoms with Crippen molar-refractivity contribution in [2.45, 2.75) is 32.9 Å². The van der Waals surface area contributed by atoms with Gasteiger partial charge < -0.3 is 8.85 Å². The van der Waals surface area contributed by atoms with Crippen LogP contribution in [0, 0.1) is 6.92 Å². The minimum absolute atomic E-state index is 0.753. The Labute approximate surface area is 71.1 Å². The normalized spacial score (nSPS) is 12.0. The SMILES string of the molecule is [CH2]CC[Si](C)(OCC)OCC. The van der Waals surface area contributed by atoms with Gasteiger partial charge in [-0.05, 0) is 26.4 Å². The summed E-state index contributed by atoms with van der Waals surface area (Å²) in [4.78, 5) is 0. The van der Waals surface area contributed by atoms with E-state index in [4.69, 9.17) is 8.85 Å². The molecule has 0 aliphatic heterocycles. The largest absolute Gasteiger partial charge is 0.395 e. The van der Waals surface area contributed by atoms with Crippen molar-refractivity contribution in [3.8, 4) is 0 Å². The lowest BCUT2D eigenvalue weighted by molar-refractivity contribution is 0.189. The van der Waals surface area contributed by atoms with Gasteiger partial charge in [-0.3, -0.25) is 0 Å². The molecule has 3 heteroatoms. The molecule has 0 saturated carbocycles. The van der Waals surface area contributed by atoms with Crippen molar-refractivity contribution < 1.29 is 8.85 Å². The van der Waals surface area contributed by atoms with Gasteiger partial charge in [0.25, 0.3) is 0 Å². The third-order valence-corrected chi connectivity index (χ3v) is 4.59. The van der Waals surface area contributed by atoms with Crippen molar-refractivity contribution >= 4 is 8.56 Å². The number of hydrogen-bond acceptors (Lipinski definition) is 2. The average Bonchev–Trinajstić information content (AvgIpc) is 1.88. The molecule has 0 aliphatic carbocycles. The van der Waals surface area contributed by atoms with Crippen molar-refractivity contribution in [3.63, 3.8) is 0 Å². The van der Waals surface area contributed by atoms with E-state index >= 15 is 0 Å². The highest BCUT2D eigenvalue weighted by molar-refractivity contribution is 6.66. The van der Waals surface area contributed by atoms with E-state index in [1.54, 1.807) is 0 Å². The highest BCUT2D eigenvalue weighted by atomic mass is 28.4.